The summed E-state index contributed by atoms with van der Waals surface area (Å²) in [5.74, 6) is -0.327. The fourth-order valence-corrected chi connectivity index (χ4v) is 3.80. The van der Waals surface area contributed by atoms with Crippen molar-refractivity contribution in [2.75, 3.05) is 11.9 Å². The Balaban J connectivity index is 1.58. The molecule has 6 nitrogen and oxygen atoms in total. The van der Waals surface area contributed by atoms with Crippen molar-refractivity contribution in [1.29, 1.82) is 0 Å². The summed E-state index contributed by atoms with van der Waals surface area (Å²) in [5, 5.41) is 5.72. The van der Waals surface area contributed by atoms with Crippen molar-refractivity contribution >= 4 is 23.5 Å². The summed E-state index contributed by atoms with van der Waals surface area (Å²) in [6.45, 7) is 3.99. The van der Waals surface area contributed by atoms with E-state index in [-0.39, 0.29) is 30.0 Å². The van der Waals surface area contributed by atoms with E-state index in [0.29, 0.717) is 23.1 Å². The minimum absolute atomic E-state index is 0.109. The molecule has 2 aromatic carbocycles. The van der Waals surface area contributed by atoms with Crippen LogP contribution in [0.5, 0.6) is 0 Å². The van der Waals surface area contributed by atoms with Gasteiger partial charge in [-0.1, -0.05) is 57.0 Å². The molecular weight excluding hydrogens is 380 g/mol. The molecule has 0 bridgehead atoms. The van der Waals surface area contributed by atoms with Gasteiger partial charge in [-0.15, -0.1) is 0 Å². The molecule has 158 valence electrons. The highest BCUT2D eigenvalue weighted by atomic mass is 16.5. The minimum atomic E-state index is -0.654. The van der Waals surface area contributed by atoms with Crippen molar-refractivity contribution in [2.24, 2.45) is 11.8 Å². The summed E-state index contributed by atoms with van der Waals surface area (Å²) >= 11 is 0. The number of benzene rings is 2. The van der Waals surface area contributed by atoms with Gasteiger partial charge in [0.05, 0.1) is 11.3 Å². The van der Waals surface area contributed by atoms with E-state index < -0.39 is 5.97 Å². The average Bonchev–Trinajstić information content (AvgIpc) is 2.76. The molecule has 1 saturated carbocycles. The average molecular weight is 408 g/mol. The quantitative estimate of drug-likeness (QED) is 0.707. The number of carbonyl (C=O) groups excluding carboxylic acids is 3. The molecule has 2 aromatic rings. The van der Waals surface area contributed by atoms with Crippen LogP contribution in [0.2, 0.25) is 0 Å². The predicted octanol–water partition coefficient (Wildman–Crippen LogP) is 4.04. The van der Waals surface area contributed by atoms with Crippen LogP contribution in [0.3, 0.4) is 0 Å². The molecule has 2 N–H and O–H groups in total. The van der Waals surface area contributed by atoms with Crippen molar-refractivity contribution in [3.05, 3.63) is 65.7 Å². The Morgan fingerprint density at radius 2 is 1.67 bits per heavy atom. The van der Waals surface area contributed by atoms with Gasteiger partial charge in [0, 0.05) is 11.6 Å². The van der Waals surface area contributed by atoms with Gasteiger partial charge >= 0.3 is 5.97 Å². The number of anilines is 1. The Bertz CT molecular complexity index is 897. The maximum absolute atomic E-state index is 12.5. The zero-order chi connectivity index (χ0) is 21.5. The van der Waals surface area contributed by atoms with E-state index in [2.05, 4.69) is 24.5 Å². The maximum atomic E-state index is 12.5. The van der Waals surface area contributed by atoms with Crippen molar-refractivity contribution in [3.63, 3.8) is 0 Å². The Morgan fingerprint density at radius 3 is 2.43 bits per heavy atom. The third-order valence-electron chi connectivity index (χ3n) is 5.82. The second-order valence-electron chi connectivity index (χ2n) is 7.88. The Labute approximate surface area is 177 Å². The van der Waals surface area contributed by atoms with E-state index in [1.54, 1.807) is 48.5 Å². The van der Waals surface area contributed by atoms with E-state index in [9.17, 15) is 14.4 Å². The molecule has 0 saturated heterocycles. The van der Waals surface area contributed by atoms with Crippen LogP contribution in [0, 0.1) is 11.8 Å². The largest absolute Gasteiger partial charge is 0.452 e. The van der Waals surface area contributed by atoms with Crippen molar-refractivity contribution in [2.45, 2.75) is 39.2 Å². The molecule has 2 amide bonds. The van der Waals surface area contributed by atoms with E-state index >= 15 is 0 Å². The zero-order valence-corrected chi connectivity index (χ0v) is 17.4. The first-order valence-corrected chi connectivity index (χ1v) is 10.4. The van der Waals surface area contributed by atoms with Crippen LogP contribution < -0.4 is 10.6 Å². The summed E-state index contributed by atoms with van der Waals surface area (Å²) < 4.78 is 5.22. The Morgan fingerprint density at radius 1 is 0.967 bits per heavy atom. The fourth-order valence-electron chi connectivity index (χ4n) is 3.80. The number of hydrogen-bond acceptors (Lipinski definition) is 4. The van der Waals surface area contributed by atoms with Gasteiger partial charge in [-0.3, -0.25) is 9.59 Å². The lowest BCUT2D eigenvalue weighted by molar-refractivity contribution is -0.125. The highest BCUT2D eigenvalue weighted by Crippen LogP contribution is 2.29. The number of nitrogens with one attached hydrogen (secondary N) is 2. The monoisotopic (exact) mass is 408 g/mol. The van der Waals surface area contributed by atoms with E-state index in [1.165, 1.54) is 6.42 Å². The zero-order valence-electron chi connectivity index (χ0n) is 17.4. The maximum Gasteiger partial charge on any atom is 0.340 e. The normalized spacial score (nSPS) is 20.8. The van der Waals surface area contributed by atoms with Gasteiger partial charge in [0.2, 0.25) is 0 Å². The van der Waals surface area contributed by atoms with Gasteiger partial charge in [0.15, 0.2) is 6.61 Å². The highest BCUT2D eigenvalue weighted by Gasteiger charge is 2.28. The van der Waals surface area contributed by atoms with E-state index in [1.807, 2.05) is 6.07 Å². The summed E-state index contributed by atoms with van der Waals surface area (Å²) in [6.07, 6.45) is 3.21. The molecule has 0 spiro atoms. The van der Waals surface area contributed by atoms with Crippen molar-refractivity contribution in [1.82, 2.24) is 5.32 Å². The SMILES string of the molecule is C[C@@H]1[C@@H](C)CCC[C@H]1NC(=O)COC(=O)c1ccccc1NC(=O)c1ccccc1. The number of rotatable bonds is 6. The summed E-state index contributed by atoms with van der Waals surface area (Å²) in [4.78, 5) is 37.2. The second kappa shape index (κ2) is 10.1. The topological polar surface area (TPSA) is 84.5 Å². The molecule has 0 heterocycles. The predicted molar refractivity (Wildman–Crippen MR) is 115 cm³/mol. The number of para-hydroxylation sites is 1. The molecule has 0 aromatic heterocycles. The van der Waals surface area contributed by atoms with Crippen LogP contribution in [0.15, 0.2) is 54.6 Å². The molecule has 1 aliphatic carbocycles. The van der Waals surface area contributed by atoms with Crippen LogP contribution in [0.4, 0.5) is 5.69 Å². The van der Waals surface area contributed by atoms with E-state index in [0.717, 1.165) is 12.8 Å². The van der Waals surface area contributed by atoms with Gasteiger partial charge in [-0.25, -0.2) is 4.79 Å². The third-order valence-corrected chi connectivity index (χ3v) is 5.82. The lowest BCUT2D eigenvalue weighted by Gasteiger charge is -2.34. The first-order valence-electron chi connectivity index (χ1n) is 10.4. The highest BCUT2D eigenvalue weighted by molar-refractivity contribution is 6.08. The van der Waals surface area contributed by atoms with Crippen molar-refractivity contribution in [3.8, 4) is 0 Å². The number of hydrogen-bond donors (Lipinski definition) is 2. The Kier molecular flexibility index (Phi) is 7.22. The molecule has 3 atom stereocenters. The van der Waals surface area contributed by atoms with Crippen LogP contribution >= 0.6 is 0 Å². The van der Waals surface area contributed by atoms with Gasteiger partial charge in [0.25, 0.3) is 11.8 Å². The van der Waals surface area contributed by atoms with Gasteiger partial charge in [-0.05, 0) is 42.5 Å². The van der Waals surface area contributed by atoms with Crippen LogP contribution in [-0.2, 0) is 9.53 Å². The van der Waals surface area contributed by atoms with Gasteiger partial charge < -0.3 is 15.4 Å². The minimum Gasteiger partial charge on any atom is -0.452 e. The van der Waals surface area contributed by atoms with Crippen LogP contribution in [0.25, 0.3) is 0 Å². The molecule has 30 heavy (non-hydrogen) atoms. The number of ether oxygens (including phenoxy) is 1. The van der Waals surface area contributed by atoms with Crippen LogP contribution in [-0.4, -0.2) is 30.4 Å². The Hall–Kier alpha value is -3.15. The summed E-state index contributed by atoms with van der Waals surface area (Å²) in [5.41, 5.74) is 1.02. The first-order chi connectivity index (χ1) is 14.5. The lowest BCUT2D eigenvalue weighted by Crippen LogP contribution is -2.45. The molecule has 1 fully saturated rings. The van der Waals surface area contributed by atoms with Crippen molar-refractivity contribution < 1.29 is 19.1 Å². The van der Waals surface area contributed by atoms with E-state index in [4.69, 9.17) is 4.74 Å². The molecular formula is C24H28N2O4. The molecule has 0 aliphatic heterocycles. The second-order valence-corrected chi connectivity index (χ2v) is 7.88. The number of esters is 1. The van der Waals surface area contributed by atoms with Gasteiger partial charge in [-0.2, -0.15) is 0 Å². The summed E-state index contributed by atoms with van der Waals surface area (Å²) in [7, 11) is 0. The fraction of sp³-hybridized carbons (Fsp3) is 0.375. The molecule has 3 rings (SSSR count). The molecule has 6 heteroatoms. The molecule has 1 aliphatic rings. The molecule has 0 unspecified atom stereocenters. The molecule has 0 radical (unpaired) electrons. The lowest BCUT2D eigenvalue weighted by atomic mass is 9.78. The number of amides is 2. The van der Waals surface area contributed by atoms with Gasteiger partial charge in [0.1, 0.15) is 0 Å². The third kappa shape index (κ3) is 5.47. The first kappa shape index (κ1) is 21.6. The standard InChI is InChI=1S/C24H28N2O4/c1-16-9-8-14-20(17(16)2)25-22(27)15-30-24(29)19-12-6-7-13-21(19)26-23(28)18-10-4-3-5-11-18/h3-7,10-13,16-17,20H,8-9,14-15H2,1-2H3,(H,25,27)(H,26,28)/t16-,17+,20+/m0/s1. The smallest absolute Gasteiger partial charge is 0.340 e. The summed E-state index contributed by atoms with van der Waals surface area (Å²) in [6, 6.07) is 15.4. The number of carbonyl (C=O) groups is 3. The van der Waals surface area contributed by atoms with Crippen LogP contribution in [0.1, 0.15) is 53.8 Å².